The number of rotatable bonds is 5. The lowest BCUT2D eigenvalue weighted by molar-refractivity contribution is 0.284. The summed E-state index contributed by atoms with van der Waals surface area (Å²) >= 11 is 5.80. The van der Waals surface area contributed by atoms with E-state index in [1.54, 1.807) is 0 Å². The average molecular weight is 259 g/mol. The van der Waals surface area contributed by atoms with Crippen molar-refractivity contribution in [2.45, 2.75) is 48.0 Å². The fourth-order valence-electron chi connectivity index (χ4n) is 2.07. The Kier molecular flexibility index (Phi) is 6.69. The normalized spacial score (nSPS) is 15.4. The van der Waals surface area contributed by atoms with Gasteiger partial charge in [-0.1, -0.05) is 39.3 Å². The van der Waals surface area contributed by atoms with Gasteiger partial charge in [-0.25, -0.2) is 0 Å². The Bertz CT molecular complexity index is 302. The molecule has 0 amide bonds. The molecule has 100 valence electrons. The Labute approximate surface area is 111 Å². The monoisotopic (exact) mass is 258 g/mol. The molecule has 0 atom stereocenters. The highest BCUT2D eigenvalue weighted by atomic mass is 35.5. The van der Waals surface area contributed by atoms with Gasteiger partial charge in [-0.3, -0.25) is 0 Å². The summed E-state index contributed by atoms with van der Waals surface area (Å²) in [5.41, 5.74) is 14.5. The third kappa shape index (κ3) is 5.03. The molecule has 4 N–H and O–H groups in total. The van der Waals surface area contributed by atoms with E-state index in [2.05, 4.69) is 27.7 Å². The molecule has 2 nitrogen and oxygen atoms in total. The molecule has 0 unspecified atom stereocenters. The van der Waals surface area contributed by atoms with Gasteiger partial charge < -0.3 is 11.5 Å². The molecular formula is C14H27ClN2. The molecule has 0 bridgehead atoms. The van der Waals surface area contributed by atoms with Gasteiger partial charge in [-0.15, -0.1) is 0 Å². The minimum absolute atomic E-state index is 0.330. The van der Waals surface area contributed by atoms with Gasteiger partial charge in [0.15, 0.2) is 0 Å². The average Bonchev–Trinajstić information content (AvgIpc) is 2.22. The molecular weight excluding hydrogens is 232 g/mol. The van der Waals surface area contributed by atoms with Gasteiger partial charge in [0.1, 0.15) is 5.16 Å². The van der Waals surface area contributed by atoms with Crippen molar-refractivity contribution in [3.63, 3.8) is 0 Å². The SMILES string of the molecule is CC(=C(/N)CC(C(C)C)C(C)C)/C(C)=C(\N)Cl. The third-order valence-corrected chi connectivity index (χ3v) is 3.85. The first-order valence-electron chi connectivity index (χ1n) is 6.25. The highest BCUT2D eigenvalue weighted by Gasteiger charge is 2.19. The molecule has 0 spiro atoms. The van der Waals surface area contributed by atoms with E-state index in [1.165, 1.54) is 0 Å². The summed E-state index contributed by atoms with van der Waals surface area (Å²) in [6.45, 7) is 12.9. The van der Waals surface area contributed by atoms with Crippen molar-refractivity contribution in [2.75, 3.05) is 0 Å². The van der Waals surface area contributed by atoms with E-state index < -0.39 is 0 Å². The van der Waals surface area contributed by atoms with Crippen LogP contribution in [0.4, 0.5) is 0 Å². The van der Waals surface area contributed by atoms with Gasteiger partial charge in [-0.05, 0) is 49.2 Å². The first-order chi connectivity index (χ1) is 7.68. The van der Waals surface area contributed by atoms with Crippen molar-refractivity contribution >= 4 is 11.6 Å². The van der Waals surface area contributed by atoms with Crippen LogP contribution in [0.5, 0.6) is 0 Å². The molecule has 0 saturated carbocycles. The van der Waals surface area contributed by atoms with Crippen LogP contribution >= 0.6 is 11.6 Å². The largest absolute Gasteiger partial charge is 0.402 e. The second kappa shape index (κ2) is 6.95. The number of allylic oxidation sites excluding steroid dienone is 3. The van der Waals surface area contributed by atoms with Crippen molar-refractivity contribution in [2.24, 2.45) is 29.2 Å². The van der Waals surface area contributed by atoms with E-state index in [1.807, 2.05) is 13.8 Å². The summed E-state index contributed by atoms with van der Waals surface area (Å²) in [4.78, 5) is 0. The minimum atomic E-state index is 0.330. The Morgan fingerprint density at radius 3 is 1.65 bits per heavy atom. The Morgan fingerprint density at radius 2 is 1.35 bits per heavy atom. The lowest BCUT2D eigenvalue weighted by Crippen LogP contribution is -2.19. The number of hydrogen-bond acceptors (Lipinski definition) is 2. The maximum atomic E-state index is 6.16. The van der Waals surface area contributed by atoms with Gasteiger partial charge in [0, 0.05) is 5.70 Å². The smallest absolute Gasteiger partial charge is 0.102 e. The predicted octanol–water partition coefficient (Wildman–Crippen LogP) is 3.97. The predicted molar refractivity (Wildman–Crippen MR) is 77.4 cm³/mol. The zero-order valence-corrected chi connectivity index (χ0v) is 12.7. The molecule has 0 rings (SSSR count). The summed E-state index contributed by atoms with van der Waals surface area (Å²) in [7, 11) is 0. The lowest BCUT2D eigenvalue weighted by atomic mass is 9.81. The van der Waals surface area contributed by atoms with Crippen LogP contribution in [0.15, 0.2) is 22.0 Å². The summed E-state index contributed by atoms with van der Waals surface area (Å²) in [5.74, 6) is 1.84. The van der Waals surface area contributed by atoms with Crippen LogP contribution in [0.2, 0.25) is 0 Å². The number of nitrogens with two attached hydrogens (primary N) is 2. The van der Waals surface area contributed by atoms with Crippen LogP contribution in [0.1, 0.15) is 48.0 Å². The van der Waals surface area contributed by atoms with Crippen LogP contribution in [-0.4, -0.2) is 0 Å². The van der Waals surface area contributed by atoms with E-state index in [-0.39, 0.29) is 0 Å². The zero-order valence-electron chi connectivity index (χ0n) is 12.0. The lowest BCUT2D eigenvalue weighted by Gasteiger charge is -2.25. The van der Waals surface area contributed by atoms with Gasteiger partial charge in [0.2, 0.25) is 0 Å². The van der Waals surface area contributed by atoms with Crippen LogP contribution in [-0.2, 0) is 0 Å². The first kappa shape index (κ1) is 16.4. The van der Waals surface area contributed by atoms with Gasteiger partial charge in [0.25, 0.3) is 0 Å². The van der Waals surface area contributed by atoms with Crippen molar-refractivity contribution in [3.8, 4) is 0 Å². The molecule has 0 heterocycles. The second-order valence-corrected chi connectivity index (χ2v) is 5.89. The zero-order chi connectivity index (χ0) is 13.7. The van der Waals surface area contributed by atoms with Crippen LogP contribution in [0.3, 0.4) is 0 Å². The summed E-state index contributed by atoms with van der Waals surface area (Å²) in [5, 5.41) is 0.330. The van der Waals surface area contributed by atoms with E-state index in [0.29, 0.717) is 22.9 Å². The van der Waals surface area contributed by atoms with Gasteiger partial charge in [-0.2, -0.15) is 0 Å². The van der Waals surface area contributed by atoms with Crippen LogP contribution < -0.4 is 11.5 Å². The summed E-state index contributed by atoms with van der Waals surface area (Å²) in [6, 6.07) is 0. The molecule has 0 aliphatic heterocycles. The molecule has 3 heteroatoms. The van der Waals surface area contributed by atoms with Gasteiger partial charge >= 0.3 is 0 Å². The van der Waals surface area contributed by atoms with E-state index >= 15 is 0 Å². The number of halogens is 1. The Morgan fingerprint density at radius 1 is 0.941 bits per heavy atom. The molecule has 0 aromatic rings. The molecule has 0 fully saturated rings. The van der Waals surface area contributed by atoms with Crippen LogP contribution in [0.25, 0.3) is 0 Å². The number of hydrogen-bond donors (Lipinski definition) is 2. The molecule has 0 aliphatic rings. The molecule has 0 saturated heterocycles. The highest BCUT2D eigenvalue weighted by molar-refractivity contribution is 6.29. The van der Waals surface area contributed by atoms with Crippen molar-refractivity contribution in [1.82, 2.24) is 0 Å². The molecule has 0 aliphatic carbocycles. The first-order valence-corrected chi connectivity index (χ1v) is 6.63. The second-order valence-electron chi connectivity index (χ2n) is 5.48. The quantitative estimate of drug-likeness (QED) is 0.579. The Hall–Kier alpha value is -0.630. The maximum absolute atomic E-state index is 6.16. The third-order valence-electron chi connectivity index (χ3n) is 3.57. The minimum Gasteiger partial charge on any atom is -0.402 e. The van der Waals surface area contributed by atoms with Gasteiger partial charge in [0.05, 0.1) is 0 Å². The molecule has 17 heavy (non-hydrogen) atoms. The van der Waals surface area contributed by atoms with Crippen molar-refractivity contribution in [1.29, 1.82) is 0 Å². The molecule has 0 aromatic carbocycles. The van der Waals surface area contributed by atoms with E-state index in [4.69, 9.17) is 23.1 Å². The van der Waals surface area contributed by atoms with E-state index in [0.717, 1.165) is 23.3 Å². The molecule has 0 aromatic heterocycles. The van der Waals surface area contributed by atoms with Crippen LogP contribution in [0, 0.1) is 17.8 Å². The van der Waals surface area contributed by atoms with E-state index in [9.17, 15) is 0 Å². The fraction of sp³-hybridized carbons (Fsp3) is 0.714. The molecule has 0 radical (unpaired) electrons. The van der Waals surface area contributed by atoms with Crippen molar-refractivity contribution in [3.05, 3.63) is 22.0 Å². The fourth-order valence-corrected chi connectivity index (χ4v) is 2.21. The summed E-state index contributed by atoms with van der Waals surface area (Å²) in [6.07, 6.45) is 0.905. The Balaban J connectivity index is 5.00. The maximum Gasteiger partial charge on any atom is 0.102 e. The summed E-state index contributed by atoms with van der Waals surface area (Å²) < 4.78 is 0. The van der Waals surface area contributed by atoms with Crippen molar-refractivity contribution < 1.29 is 0 Å². The highest BCUT2D eigenvalue weighted by Crippen LogP contribution is 2.28. The topological polar surface area (TPSA) is 52.0 Å². The standard InChI is InChI=1S/C14H27ClN2/c1-8(2)12(9(3)4)7-13(16)10(5)11(6)14(15)17/h8-9,12H,7,16-17H2,1-6H3/b13-10-,14-11-.